The number of carbonyl (C=O) groups is 2. The van der Waals surface area contributed by atoms with Gasteiger partial charge in [-0.3, -0.25) is 13.9 Å². The van der Waals surface area contributed by atoms with Crippen LogP contribution in [0.5, 0.6) is 0 Å². The van der Waals surface area contributed by atoms with E-state index in [-0.39, 0.29) is 12.5 Å². The Labute approximate surface area is 189 Å². The third kappa shape index (κ3) is 6.70. The Morgan fingerprint density at radius 3 is 2.13 bits per heavy atom. The van der Waals surface area contributed by atoms with Crippen molar-refractivity contribution >= 4 is 39.1 Å². The van der Waals surface area contributed by atoms with Gasteiger partial charge in [-0.1, -0.05) is 48.4 Å². The largest absolute Gasteiger partial charge is 0.357 e. The molecule has 0 aliphatic carbocycles. The Hall–Kier alpha value is -2.58. The lowest BCUT2D eigenvalue weighted by atomic mass is 10.1. The lowest BCUT2D eigenvalue weighted by Gasteiger charge is -2.32. The zero-order valence-corrected chi connectivity index (χ0v) is 19.7. The molecule has 0 spiro atoms. The van der Waals surface area contributed by atoms with E-state index < -0.39 is 28.5 Å². The van der Waals surface area contributed by atoms with Crippen molar-refractivity contribution in [1.29, 1.82) is 0 Å². The molecule has 0 aliphatic rings. The van der Waals surface area contributed by atoms with Gasteiger partial charge in [-0.2, -0.15) is 0 Å². The van der Waals surface area contributed by atoms with Gasteiger partial charge in [0.05, 0.1) is 11.9 Å². The highest BCUT2D eigenvalue weighted by atomic mass is 35.5. The normalized spacial score (nSPS) is 12.2. The number of sulfonamides is 1. The first-order valence-electron chi connectivity index (χ1n) is 9.86. The molecule has 168 valence electrons. The molecule has 7 nitrogen and oxygen atoms in total. The van der Waals surface area contributed by atoms with Crippen LogP contribution in [0.2, 0.25) is 5.02 Å². The molecule has 31 heavy (non-hydrogen) atoms. The fourth-order valence-corrected chi connectivity index (χ4v) is 4.17. The predicted molar refractivity (Wildman–Crippen MR) is 124 cm³/mol. The maximum Gasteiger partial charge on any atom is 0.244 e. The van der Waals surface area contributed by atoms with E-state index in [9.17, 15) is 18.0 Å². The average Bonchev–Trinajstić information content (AvgIpc) is 2.72. The van der Waals surface area contributed by atoms with Crippen LogP contribution in [0.3, 0.4) is 0 Å². The Balaban J connectivity index is 2.40. The van der Waals surface area contributed by atoms with Crippen molar-refractivity contribution in [3.05, 3.63) is 64.7 Å². The summed E-state index contributed by atoms with van der Waals surface area (Å²) in [6.07, 6.45) is 1.42. The van der Waals surface area contributed by atoms with Crippen LogP contribution in [0.1, 0.15) is 24.5 Å². The molecule has 2 aromatic carbocycles. The van der Waals surface area contributed by atoms with E-state index in [1.54, 1.807) is 12.1 Å². The predicted octanol–water partition coefficient (Wildman–Crippen LogP) is 2.97. The summed E-state index contributed by atoms with van der Waals surface area (Å²) in [6.45, 7) is 3.52. The van der Waals surface area contributed by atoms with Gasteiger partial charge in [-0.25, -0.2) is 8.42 Å². The minimum absolute atomic E-state index is 0.184. The quantitative estimate of drug-likeness (QED) is 0.616. The van der Waals surface area contributed by atoms with Crippen molar-refractivity contribution in [2.75, 3.05) is 24.2 Å². The molecule has 2 amide bonds. The van der Waals surface area contributed by atoms with E-state index in [0.717, 1.165) is 21.7 Å². The van der Waals surface area contributed by atoms with Crippen molar-refractivity contribution < 1.29 is 18.0 Å². The maximum atomic E-state index is 13.3. The second-order valence-electron chi connectivity index (χ2n) is 7.29. The molecule has 1 unspecified atom stereocenters. The van der Waals surface area contributed by atoms with Gasteiger partial charge in [0.2, 0.25) is 21.8 Å². The molecule has 0 heterocycles. The fourth-order valence-electron chi connectivity index (χ4n) is 3.20. The third-order valence-electron chi connectivity index (χ3n) is 4.90. The smallest absolute Gasteiger partial charge is 0.244 e. The second-order valence-corrected chi connectivity index (χ2v) is 9.63. The highest BCUT2D eigenvalue weighted by molar-refractivity contribution is 7.92. The van der Waals surface area contributed by atoms with Crippen molar-refractivity contribution in [2.45, 2.75) is 32.9 Å². The molecule has 9 heteroatoms. The molecule has 0 fully saturated rings. The Morgan fingerprint density at radius 1 is 1.06 bits per heavy atom. The first-order chi connectivity index (χ1) is 14.6. The summed E-state index contributed by atoms with van der Waals surface area (Å²) in [5, 5.41) is 3.04. The van der Waals surface area contributed by atoms with E-state index in [0.29, 0.717) is 17.1 Å². The van der Waals surface area contributed by atoms with Gasteiger partial charge < -0.3 is 10.2 Å². The average molecular weight is 466 g/mol. The number of anilines is 1. The van der Waals surface area contributed by atoms with E-state index in [2.05, 4.69) is 5.32 Å². The number of carbonyl (C=O) groups excluding carboxylic acids is 2. The number of halogens is 1. The Kier molecular flexibility index (Phi) is 8.47. The molecule has 0 radical (unpaired) electrons. The molecule has 1 atom stereocenters. The highest BCUT2D eigenvalue weighted by Gasteiger charge is 2.31. The van der Waals surface area contributed by atoms with Crippen LogP contribution in [0.15, 0.2) is 48.5 Å². The molecular formula is C22H28ClN3O4S. The standard InChI is InChI=1S/C22H28ClN3O4S/c1-5-20(22(28)24-3)25(14-17-8-6-16(2)7-9-17)21(27)15-26(31(4,29)30)19-12-10-18(23)11-13-19/h6-13,20H,5,14-15H2,1-4H3,(H,24,28). The van der Waals surface area contributed by atoms with Crippen LogP contribution in [0, 0.1) is 6.92 Å². The van der Waals surface area contributed by atoms with Crippen LogP contribution < -0.4 is 9.62 Å². The number of amides is 2. The summed E-state index contributed by atoms with van der Waals surface area (Å²) in [5.74, 6) is -0.781. The molecule has 0 aliphatic heterocycles. The SMILES string of the molecule is CCC(C(=O)NC)N(Cc1ccc(C)cc1)C(=O)CN(c1ccc(Cl)cc1)S(C)(=O)=O. The number of nitrogens with one attached hydrogen (secondary N) is 1. The third-order valence-corrected chi connectivity index (χ3v) is 6.29. The van der Waals surface area contributed by atoms with Crippen LogP contribution in [-0.2, 0) is 26.2 Å². The van der Waals surface area contributed by atoms with Gasteiger partial charge in [0.15, 0.2) is 0 Å². The summed E-state index contributed by atoms with van der Waals surface area (Å²) in [7, 11) is -2.24. The van der Waals surface area contributed by atoms with Crippen LogP contribution in [-0.4, -0.2) is 51.0 Å². The number of hydrogen-bond donors (Lipinski definition) is 1. The maximum absolute atomic E-state index is 13.3. The molecule has 1 N–H and O–H groups in total. The number of hydrogen-bond acceptors (Lipinski definition) is 4. The van der Waals surface area contributed by atoms with E-state index in [1.165, 1.54) is 24.1 Å². The zero-order valence-electron chi connectivity index (χ0n) is 18.1. The zero-order chi connectivity index (χ0) is 23.2. The minimum atomic E-state index is -3.75. The number of likely N-dealkylation sites (N-methyl/N-ethyl adjacent to an activating group) is 1. The van der Waals surface area contributed by atoms with Crippen molar-refractivity contribution in [3.8, 4) is 0 Å². The van der Waals surface area contributed by atoms with Crippen LogP contribution in [0.4, 0.5) is 5.69 Å². The molecule has 0 saturated carbocycles. The van der Waals surface area contributed by atoms with Gasteiger partial charge in [-0.05, 0) is 43.2 Å². The van der Waals surface area contributed by atoms with Gasteiger partial charge in [0, 0.05) is 18.6 Å². The lowest BCUT2D eigenvalue weighted by molar-refractivity contribution is -0.140. The minimum Gasteiger partial charge on any atom is -0.357 e. The summed E-state index contributed by atoms with van der Waals surface area (Å²) >= 11 is 5.91. The van der Waals surface area contributed by atoms with Crippen LogP contribution in [0.25, 0.3) is 0 Å². The van der Waals surface area contributed by atoms with Crippen molar-refractivity contribution in [2.24, 2.45) is 0 Å². The molecule has 2 rings (SSSR count). The lowest BCUT2D eigenvalue weighted by Crippen LogP contribution is -2.51. The van der Waals surface area contributed by atoms with E-state index in [4.69, 9.17) is 11.6 Å². The highest BCUT2D eigenvalue weighted by Crippen LogP contribution is 2.22. The van der Waals surface area contributed by atoms with Gasteiger partial charge >= 0.3 is 0 Å². The second kappa shape index (κ2) is 10.6. The first kappa shape index (κ1) is 24.7. The molecule has 0 saturated heterocycles. The van der Waals surface area contributed by atoms with Gasteiger partial charge in [0.1, 0.15) is 12.6 Å². The van der Waals surface area contributed by atoms with Gasteiger partial charge in [-0.15, -0.1) is 0 Å². The fraction of sp³-hybridized carbons (Fsp3) is 0.364. The van der Waals surface area contributed by atoms with E-state index >= 15 is 0 Å². The van der Waals surface area contributed by atoms with Gasteiger partial charge in [0.25, 0.3) is 0 Å². The molecule has 0 aromatic heterocycles. The van der Waals surface area contributed by atoms with E-state index in [1.807, 2.05) is 38.1 Å². The topological polar surface area (TPSA) is 86.8 Å². The summed E-state index contributed by atoms with van der Waals surface area (Å²) in [4.78, 5) is 27.2. The molecular weight excluding hydrogens is 438 g/mol. The number of nitrogens with zero attached hydrogens (tertiary/aromatic N) is 2. The van der Waals surface area contributed by atoms with Crippen molar-refractivity contribution in [1.82, 2.24) is 10.2 Å². The summed E-state index contributed by atoms with van der Waals surface area (Å²) in [5.41, 5.74) is 2.24. The van der Waals surface area contributed by atoms with Crippen molar-refractivity contribution in [3.63, 3.8) is 0 Å². The Bertz CT molecular complexity index is 1010. The molecule has 0 bridgehead atoms. The van der Waals surface area contributed by atoms with Crippen LogP contribution >= 0.6 is 11.6 Å². The number of aryl methyl sites for hydroxylation is 1. The first-order valence-corrected chi connectivity index (χ1v) is 12.1. The number of rotatable bonds is 9. The molecule has 2 aromatic rings. The summed E-state index contributed by atoms with van der Waals surface area (Å²) < 4.78 is 25.9. The summed E-state index contributed by atoms with van der Waals surface area (Å²) in [6, 6.07) is 13.1. The monoisotopic (exact) mass is 465 g/mol. The Morgan fingerprint density at radius 2 is 1.65 bits per heavy atom. The number of benzene rings is 2.